The van der Waals surface area contributed by atoms with Gasteiger partial charge in [0.25, 0.3) is 5.91 Å². The van der Waals surface area contributed by atoms with Crippen LogP contribution in [-0.2, 0) is 19.0 Å². The summed E-state index contributed by atoms with van der Waals surface area (Å²) in [6.45, 7) is 0.854. The van der Waals surface area contributed by atoms with Gasteiger partial charge in [0.05, 0.1) is 26.4 Å². The van der Waals surface area contributed by atoms with Crippen molar-refractivity contribution in [3.8, 4) is 5.75 Å². The molecule has 150 valence electrons. The van der Waals surface area contributed by atoms with Crippen LogP contribution in [0.5, 0.6) is 5.75 Å². The van der Waals surface area contributed by atoms with Gasteiger partial charge < -0.3 is 29.7 Å². The molecule has 2 atom stereocenters. The van der Waals surface area contributed by atoms with Crippen molar-refractivity contribution in [2.75, 3.05) is 31.7 Å². The van der Waals surface area contributed by atoms with Crippen molar-refractivity contribution in [1.82, 2.24) is 0 Å². The molecule has 28 heavy (non-hydrogen) atoms. The van der Waals surface area contributed by atoms with Gasteiger partial charge in [-0.2, -0.15) is 11.3 Å². The number of anilines is 1. The van der Waals surface area contributed by atoms with E-state index >= 15 is 0 Å². The molecule has 0 radical (unpaired) electrons. The number of rotatable bonds is 9. The van der Waals surface area contributed by atoms with Crippen LogP contribution >= 0.6 is 11.3 Å². The maximum absolute atomic E-state index is 12.7. The summed E-state index contributed by atoms with van der Waals surface area (Å²) in [6, 6.07) is 8.24. The highest BCUT2D eigenvalue weighted by Gasteiger charge is 2.29. The summed E-state index contributed by atoms with van der Waals surface area (Å²) in [4.78, 5) is 12.7. The molecule has 0 saturated carbocycles. The molecular weight excluding hydrogens is 382 g/mol. The van der Waals surface area contributed by atoms with Crippen LogP contribution in [0.1, 0.15) is 17.9 Å². The molecule has 2 aromatic rings. The number of nitrogens with one attached hydrogen (secondary N) is 1. The van der Waals surface area contributed by atoms with E-state index in [2.05, 4.69) is 5.32 Å². The van der Waals surface area contributed by atoms with E-state index in [1.165, 1.54) is 12.1 Å². The van der Waals surface area contributed by atoms with Gasteiger partial charge in [-0.1, -0.05) is 0 Å². The molecule has 1 amide bonds. The number of aliphatic hydroxyl groups excluding tert-OH is 1. The normalized spacial score (nSPS) is 19.0. The molecule has 1 aliphatic heterocycles. The van der Waals surface area contributed by atoms with Crippen LogP contribution in [0, 0.1) is 0 Å². The molecule has 0 aliphatic carbocycles. The second kappa shape index (κ2) is 10.2. The van der Waals surface area contributed by atoms with E-state index in [0.717, 1.165) is 5.56 Å². The highest BCUT2D eigenvalue weighted by molar-refractivity contribution is 7.08. The monoisotopic (exact) mass is 405 g/mol. The van der Waals surface area contributed by atoms with Crippen molar-refractivity contribution in [1.29, 1.82) is 0 Å². The van der Waals surface area contributed by atoms with Crippen LogP contribution in [0.15, 0.2) is 52.9 Å². The van der Waals surface area contributed by atoms with Crippen molar-refractivity contribution in [2.24, 2.45) is 0 Å². The average molecular weight is 405 g/mol. The van der Waals surface area contributed by atoms with E-state index in [1.54, 1.807) is 29.5 Å². The number of amides is 1. The lowest BCUT2D eigenvalue weighted by atomic mass is 9.95. The molecular formula is C20H23NO6S. The van der Waals surface area contributed by atoms with Gasteiger partial charge >= 0.3 is 0 Å². The highest BCUT2D eigenvalue weighted by Crippen LogP contribution is 2.33. The van der Waals surface area contributed by atoms with Crippen molar-refractivity contribution in [3.63, 3.8) is 0 Å². The number of aliphatic hydroxyl groups is 1. The van der Waals surface area contributed by atoms with Crippen molar-refractivity contribution >= 4 is 22.9 Å². The fraction of sp³-hybridized carbons (Fsp3) is 0.350. The fourth-order valence-electron chi connectivity index (χ4n) is 2.78. The number of phenolic OH excluding ortho intramolecular Hbond substituents is 1. The number of aromatic hydroxyl groups is 1. The number of benzene rings is 1. The van der Waals surface area contributed by atoms with E-state index < -0.39 is 6.29 Å². The van der Waals surface area contributed by atoms with Crippen molar-refractivity contribution in [3.05, 3.63) is 58.5 Å². The van der Waals surface area contributed by atoms with Gasteiger partial charge in [0, 0.05) is 18.0 Å². The first-order chi connectivity index (χ1) is 13.7. The number of thiophene rings is 1. The topological polar surface area (TPSA) is 97.3 Å². The Labute approximate surface area is 167 Å². The Hall–Kier alpha value is -2.39. The Morgan fingerprint density at radius 1 is 1.21 bits per heavy atom. The third-order valence-corrected chi connectivity index (χ3v) is 4.85. The largest absolute Gasteiger partial charge is 0.508 e. The highest BCUT2D eigenvalue weighted by atomic mass is 32.1. The Morgan fingerprint density at radius 3 is 2.75 bits per heavy atom. The maximum Gasteiger partial charge on any atom is 0.290 e. The molecule has 1 aromatic heterocycles. The molecule has 8 heteroatoms. The fourth-order valence-corrected chi connectivity index (χ4v) is 3.50. The third kappa shape index (κ3) is 5.80. The van der Waals surface area contributed by atoms with E-state index in [0.29, 0.717) is 25.3 Å². The Kier molecular flexibility index (Phi) is 7.44. The molecule has 2 heterocycles. The first-order valence-corrected chi connectivity index (χ1v) is 9.91. The summed E-state index contributed by atoms with van der Waals surface area (Å²) in [5.41, 5.74) is 1.66. The molecule has 3 rings (SSSR count). The molecule has 1 aromatic carbocycles. The van der Waals surface area contributed by atoms with E-state index in [4.69, 9.17) is 19.3 Å². The minimum atomic E-state index is -0.576. The van der Waals surface area contributed by atoms with Crippen LogP contribution in [-0.4, -0.2) is 48.8 Å². The SMILES string of the molecule is O=C(Nc1ccc(O)cc1)C1=C[C@H](c2ccsc2)C[C@H](OCCOCCO)O1. The predicted octanol–water partition coefficient (Wildman–Crippen LogP) is 2.83. The Morgan fingerprint density at radius 2 is 2.04 bits per heavy atom. The smallest absolute Gasteiger partial charge is 0.290 e. The van der Waals surface area contributed by atoms with Crippen LogP contribution in [0.2, 0.25) is 0 Å². The quantitative estimate of drug-likeness (QED) is 0.438. The molecule has 0 saturated heterocycles. The Bertz CT molecular complexity index is 775. The first kappa shape index (κ1) is 20.3. The zero-order chi connectivity index (χ0) is 19.8. The minimum absolute atomic E-state index is 0.00364. The second-order valence-electron chi connectivity index (χ2n) is 6.18. The minimum Gasteiger partial charge on any atom is -0.508 e. The van der Waals surface area contributed by atoms with Gasteiger partial charge in [-0.3, -0.25) is 4.79 Å². The number of allylic oxidation sites excluding steroid dienone is 1. The molecule has 0 unspecified atom stereocenters. The Balaban J connectivity index is 1.66. The second-order valence-corrected chi connectivity index (χ2v) is 6.97. The predicted molar refractivity (Wildman–Crippen MR) is 105 cm³/mol. The lowest BCUT2D eigenvalue weighted by Crippen LogP contribution is -2.30. The van der Waals surface area contributed by atoms with Crippen LogP contribution in [0.25, 0.3) is 0 Å². The molecule has 3 N–H and O–H groups in total. The molecule has 0 spiro atoms. The summed E-state index contributed by atoms with van der Waals surface area (Å²) in [5.74, 6) is -0.0583. The zero-order valence-electron chi connectivity index (χ0n) is 15.2. The first-order valence-electron chi connectivity index (χ1n) is 8.97. The summed E-state index contributed by atoms with van der Waals surface area (Å²) < 4.78 is 16.7. The van der Waals surface area contributed by atoms with Crippen LogP contribution in [0.3, 0.4) is 0 Å². The summed E-state index contributed by atoms with van der Waals surface area (Å²) in [7, 11) is 0. The third-order valence-electron chi connectivity index (χ3n) is 4.14. The number of ether oxygens (including phenoxy) is 3. The lowest BCUT2D eigenvalue weighted by molar-refractivity contribution is -0.148. The van der Waals surface area contributed by atoms with E-state index in [-0.39, 0.29) is 36.5 Å². The number of carbonyl (C=O) groups is 1. The maximum atomic E-state index is 12.7. The average Bonchev–Trinajstić information content (AvgIpc) is 3.24. The summed E-state index contributed by atoms with van der Waals surface area (Å²) in [5, 5.41) is 24.9. The number of hydrogen-bond acceptors (Lipinski definition) is 7. The molecule has 0 bridgehead atoms. The van der Waals surface area contributed by atoms with Gasteiger partial charge in [-0.25, -0.2) is 0 Å². The summed E-state index contributed by atoms with van der Waals surface area (Å²) >= 11 is 1.60. The van der Waals surface area contributed by atoms with Crippen LogP contribution < -0.4 is 5.32 Å². The number of hydrogen-bond donors (Lipinski definition) is 3. The van der Waals surface area contributed by atoms with Gasteiger partial charge in [-0.15, -0.1) is 0 Å². The van der Waals surface area contributed by atoms with Crippen LogP contribution in [0.4, 0.5) is 5.69 Å². The lowest BCUT2D eigenvalue weighted by Gasteiger charge is -2.29. The molecule has 1 aliphatic rings. The van der Waals surface area contributed by atoms with E-state index in [9.17, 15) is 9.90 Å². The molecule has 7 nitrogen and oxygen atoms in total. The van der Waals surface area contributed by atoms with Gasteiger partial charge in [0.2, 0.25) is 6.29 Å². The number of carbonyl (C=O) groups excluding carboxylic acids is 1. The van der Waals surface area contributed by atoms with Crippen molar-refractivity contribution < 1.29 is 29.2 Å². The molecule has 0 fully saturated rings. The van der Waals surface area contributed by atoms with E-state index in [1.807, 2.05) is 16.8 Å². The van der Waals surface area contributed by atoms with Gasteiger partial charge in [0.15, 0.2) is 5.76 Å². The summed E-state index contributed by atoms with van der Waals surface area (Å²) in [6.07, 6.45) is 1.82. The van der Waals surface area contributed by atoms with Gasteiger partial charge in [-0.05, 0) is 52.7 Å². The van der Waals surface area contributed by atoms with Gasteiger partial charge in [0.1, 0.15) is 5.75 Å². The van der Waals surface area contributed by atoms with Crippen molar-refractivity contribution in [2.45, 2.75) is 18.6 Å². The number of phenols is 1. The zero-order valence-corrected chi connectivity index (χ0v) is 16.1. The standard InChI is InChI=1S/C20H23NO6S/c22-6-7-25-8-9-26-19-12-15(14-5-10-28-13-14)11-18(27-19)20(24)21-16-1-3-17(23)4-2-16/h1-5,10-11,13,15,19,22-23H,6-9,12H2,(H,21,24)/t15-,19+/m0/s1.